The molecule has 7 heterocycles. The van der Waals surface area contributed by atoms with Gasteiger partial charge in [0.1, 0.15) is 33.5 Å². The van der Waals surface area contributed by atoms with E-state index in [1.165, 1.54) is 27.2 Å². The normalized spacial score (nSPS) is 13.5. The van der Waals surface area contributed by atoms with E-state index in [0.717, 1.165) is 84.5 Å². The van der Waals surface area contributed by atoms with Gasteiger partial charge in [-0.2, -0.15) is 9.78 Å². The number of benzene rings is 4. The minimum atomic E-state index is -0.864. The minimum Gasteiger partial charge on any atom is -0.477 e. The zero-order valence-corrected chi connectivity index (χ0v) is 54.3. The first-order valence-corrected chi connectivity index (χ1v) is 30.1. The molecule has 0 bridgehead atoms. The standard InChI is InChI=1S/C16H16ClN5O2.C15H14N4.C10H8BrNO.C9H5BrO2S.C8H18N2O2.C4H9NO/c1-16(2,3)24-15(23)22-12-5-4-11(8-10(12)9-19-22)20-13-6-7-18-14(17)21-13;1-11-17-9-7-15(18-11)19-14-4-2-12(3-5-14)13-6-8-16-10-13;1-6(13)9-4-7-2-3-8(11)5-10(7)12-9;10-6-2-1-5-3-8(9(11)12)13-7(5)4-6;1-6(9)5-10-7(11)12-8(2,3)4;5-4-1-2-6-3-4/h4-9H,1-3H3,(H,18,20,21);2-7,9-10H,8H2,1H3,(H,17,18,19);2-5,12H,1H3;1-4H,(H,11,12);6H,5,9H2,1-4H3,(H,10,11);4H,1-3,5H2/t;;;;6-;/m....0./s1. The topological polar surface area (TPSA) is 302 Å². The smallest absolute Gasteiger partial charge is 0.435 e. The maximum atomic E-state index is 12.2. The lowest BCUT2D eigenvalue weighted by atomic mass is 10.1. The highest BCUT2D eigenvalue weighted by Gasteiger charge is 2.21. The number of alkyl carbamates (subject to hydrolysis) is 1. The van der Waals surface area contributed by atoms with Gasteiger partial charge in [0, 0.05) is 92.1 Å². The summed E-state index contributed by atoms with van der Waals surface area (Å²) < 4.78 is 19.5. The SMILES string of the molecule is CC(=O)c1cc2ccc(Br)cc2[nH]1.CC(C)(C)OC(=O)n1ncc2cc(Nc3ccnc(Cl)n3)ccc21.C[C@H](N)CNC(=O)OC(C)(C)C.Cc1nccc(Nc2ccc(C3=CCN=C3)cc2)n1.NC1CCOC1.O=C(O)c1cc2ccc(Br)cc2s1. The average molecular weight is 1350 g/mol. The van der Waals surface area contributed by atoms with Crippen LogP contribution in [-0.4, -0.2) is 120 Å². The van der Waals surface area contributed by atoms with Gasteiger partial charge in [-0.3, -0.25) is 9.79 Å². The summed E-state index contributed by atoms with van der Waals surface area (Å²) in [5, 5.41) is 24.8. The third-order valence-corrected chi connectivity index (χ3v) is 13.8. The Morgan fingerprint density at radius 1 is 0.839 bits per heavy atom. The Morgan fingerprint density at radius 2 is 1.49 bits per heavy atom. The molecule has 9 N–H and O–H groups in total. The van der Waals surface area contributed by atoms with Gasteiger partial charge in [0.25, 0.3) is 0 Å². The molecule has 1 amide bonds. The Balaban J connectivity index is 0.000000174. The summed E-state index contributed by atoms with van der Waals surface area (Å²) in [6, 6.07) is 32.7. The van der Waals surface area contributed by atoms with E-state index in [1.807, 2.05) is 134 Å². The van der Waals surface area contributed by atoms with E-state index in [9.17, 15) is 19.2 Å². The highest BCUT2D eigenvalue weighted by Crippen LogP contribution is 2.29. The number of hydrogen-bond acceptors (Lipinski definition) is 18. The van der Waals surface area contributed by atoms with Crippen LogP contribution in [0.1, 0.15) is 93.4 Å². The minimum absolute atomic E-state index is 0.0440. The molecule has 25 heteroatoms. The van der Waals surface area contributed by atoms with E-state index in [1.54, 1.807) is 43.7 Å². The predicted octanol–water partition coefficient (Wildman–Crippen LogP) is 14.1. The van der Waals surface area contributed by atoms with Gasteiger partial charge >= 0.3 is 18.2 Å². The lowest BCUT2D eigenvalue weighted by Crippen LogP contribution is -2.38. The van der Waals surface area contributed by atoms with Gasteiger partial charge in [0.05, 0.1) is 30.6 Å². The number of carbonyl (C=O) groups is 4. The molecule has 2 atom stereocenters. The quantitative estimate of drug-likeness (QED) is 0.0522. The molecule has 0 aliphatic carbocycles. The summed E-state index contributed by atoms with van der Waals surface area (Å²) in [5.74, 6) is 1.34. The number of carboxylic acid groups (broad SMARTS) is 1. The Bertz CT molecular complexity index is 3760. The molecule has 1 saturated heterocycles. The van der Waals surface area contributed by atoms with Crippen molar-refractivity contribution in [1.29, 1.82) is 0 Å². The molecule has 1 fully saturated rings. The van der Waals surface area contributed by atoms with Crippen molar-refractivity contribution in [3.05, 3.63) is 164 Å². The van der Waals surface area contributed by atoms with E-state index >= 15 is 0 Å². The number of fused-ring (bicyclic) bond motifs is 3. The van der Waals surface area contributed by atoms with Crippen LogP contribution in [0.3, 0.4) is 0 Å². The van der Waals surface area contributed by atoms with Gasteiger partial charge in [0.15, 0.2) is 5.78 Å². The number of nitrogens with zero attached hydrogens (tertiary/aromatic N) is 7. The Morgan fingerprint density at radius 3 is 2.08 bits per heavy atom. The number of aliphatic imine (C=N–C) groups is 1. The molecule has 0 spiro atoms. The number of amides is 1. The fraction of sp³-hybridized carbons (Fsp3) is 0.290. The van der Waals surface area contributed by atoms with Crippen LogP contribution < -0.4 is 27.4 Å². The van der Waals surface area contributed by atoms with E-state index in [2.05, 4.69) is 101 Å². The van der Waals surface area contributed by atoms with E-state index < -0.39 is 29.4 Å². The number of aryl methyl sites for hydroxylation is 1. The molecule has 4 aromatic carbocycles. The summed E-state index contributed by atoms with van der Waals surface area (Å²) >= 11 is 13.8. The van der Waals surface area contributed by atoms with Gasteiger partial charge < -0.3 is 51.7 Å². The highest BCUT2D eigenvalue weighted by molar-refractivity contribution is 9.10. The summed E-state index contributed by atoms with van der Waals surface area (Å²) in [6.45, 7) is 19.0. The molecule has 21 nitrogen and oxygen atoms in total. The van der Waals surface area contributed by atoms with Crippen molar-refractivity contribution >= 4 is 145 Å². The van der Waals surface area contributed by atoms with Gasteiger partial charge in [-0.05, 0) is 169 Å². The van der Waals surface area contributed by atoms with Gasteiger partial charge in [-0.1, -0.05) is 62.2 Å². The number of aromatic amines is 1. The van der Waals surface area contributed by atoms with E-state index in [-0.39, 0.29) is 17.1 Å². The van der Waals surface area contributed by atoms with Crippen LogP contribution in [0.2, 0.25) is 5.28 Å². The molecule has 458 valence electrons. The fourth-order valence-corrected chi connectivity index (χ4v) is 9.55. The average Bonchev–Trinajstić information content (AvgIpc) is 2.56. The number of nitrogens with two attached hydrogens (primary N) is 2. The number of carboxylic acids is 1. The number of rotatable bonds is 9. The molecule has 2 aliphatic rings. The van der Waals surface area contributed by atoms with Gasteiger partial charge in [0.2, 0.25) is 5.28 Å². The maximum Gasteiger partial charge on any atom is 0.435 e. The van der Waals surface area contributed by atoms with Crippen LogP contribution in [0, 0.1) is 6.92 Å². The Hall–Kier alpha value is -7.97. The van der Waals surface area contributed by atoms with E-state index in [0.29, 0.717) is 34.5 Å². The lowest BCUT2D eigenvalue weighted by Gasteiger charge is -2.20. The largest absolute Gasteiger partial charge is 0.477 e. The molecule has 0 radical (unpaired) electrons. The summed E-state index contributed by atoms with van der Waals surface area (Å²) in [4.78, 5) is 68.8. The zero-order valence-electron chi connectivity index (χ0n) is 49.5. The summed E-state index contributed by atoms with van der Waals surface area (Å²) in [6.07, 6.45) is 9.07. The number of anilines is 4. The number of ether oxygens (including phenoxy) is 3. The van der Waals surface area contributed by atoms with Crippen LogP contribution in [0.4, 0.5) is 32.6 Å². The second-order valence-electron chi connectivity index (χ2n) is 21.5. The molecular weight excluding hydrogens is 1280 g/mol. The van der Waals surface area contributed by atoms with Crippen LogP contribution >= 0.6 is 54.8 Å². The zero-order chi connectivity index (χ0) is 63.4. The number of aromatic carboxylic acids is 1. The Labute approximate surface area is 530 Å². The van der Waals surface area contributed by atoms with Crippen LogP contribution in [0.25, 0.3) is 37.5 Å². The molecule has 2 aliphatic heterocycles. The molecule has 11 rings (SSSR count). The molecule has 9 aromatic rings. The third-order valence-electron chi connectivity index (χ3n) is 11.5. The summed E-state index contributed by atoms with van der Waals surface area (Å²) in [5.41, 5.74) is 16.3. The van der Waals surface area contributed by atoms with Crippen molar-refractivity contribution in [3.63, 3.8) is 0 Å². The number of thiophene rings is 1. The summed E-state index contributed by atoms with van der Waals surface area (Å²) in [7, 11) is 0. The number of nitrogens with one attached hydrogen (secondary N) is 4. The number of carbonyl (C=O) groups excluding carboxylic acids is 3. The second-order valence-corrected chi connectivity index (χ2v) is 24.8. The first-order valence-electron chi connectivity index (χ1n) is 27.3. The van der Waals surface area contributed by atoms with Crippen LogP contribution in [0.5, 0.6) is 0 Å². The fourth-order valence-electron chi connectivity index (χ4n) is 7.59. The number of H-pyrrole nitrogens is 1. The third kappa shape index (κ3) is 23.3. The Kier molecular flexibility index (Phi) is 25.2. The maximum absolute atomic E-state index is 12.2. The van der Waals surface area contributed by atoms with Crippen molar-refractivity contribution in [1.82, 2.24) is 40.0 Å². The number of hydrogen-bond donors (Lipinski definition) is 7. The second kappa shape index (κ2) is 32.1. The number of aromatic nitrogens is 7. The molecule has 0 saturated carbocycles. The van der Waals surface area contributed by atoms with Gasteiger partial charge in [-0.25, -0.2) is 34.3 Å². The highest BCUT2D eigenvalue weighted by atomic mass is 79.9. The molecular formula is C62H70Br2ClN13O8S. The van der Waals surface area contributed by atoms with Crippen molar-refractivity contribution in [3.8, 4) is 0 Å². The first kappa shape index (κ1) is 68.1. The van der Waals surface area contributed by atoms with Crippen LogP contribution in [0.15, 0.2) is 142 Å². The molecule has 5 aromatic heterocycles. The van der Waals surface area contributed by atoms with Crippen molar-refractivity contribution < 1.29 is 38.5 Å². The van der Waals surface area contributed by atoms with Crippen molar-refractivity contribution in [2.24, 2.45) is 16.5 Å². The van der Waals surface area contributed by atoms with Crippen molar-refractivity contribution in [2.45, 2.75) is 92.0 Å². The van der Waals surface area contributed by atoms with Crippen molar-refractivity contribution in [2.75, 3.05) is 36.9 Å². The number of allylic oxidation sites excluding steroid dienone is 1. The monoisotopic (exact) mass is 1350 g/mol. The number of ketones is 1. The number of halogens is 3. The predicted molar refractivity (Wildman–Crippen MR) is 353 cm³/mol. The lowest BCUT2D eigenvalue weighted by molar-refractivity contribution is 0.0512. The molecule has 1 unspecified atom stereocenters. The van der Waals surface area contributed by atoms with Crippen LogP contribution in [-0.2, 0) is 14.2 Å². The van der Waals surface area contributed by atoms with E-state index in [4.69, 9.17) is 42.4 Å². The molecule has 87 heavy (non-hydrogen) atoms. The number of Topliss-reactive ketones (excluding diaryl/α,β-unsaturated/α-hetero) is 1. The van der Waals surface area contributed by atoms with Gasteiger partial charge in [-0.15, -0.1) is 11.3 Å². The first-order chi connectivity index (χ1) is 41.2.